The lowest BCUT2D eigenvalue weighted by molar-refractivity contribution is -0.122. The van der Waals surface area contributed by atoms with Crippen molar-refractivity contribution in [1.29, 1.82) is 0 Å². The fourth-order valence-electron chi connectivity index (χ4n) is 1.96. The molecule has 1 aromatic heterocycles. The lowest BCUT2D eigenvalue weighted by Crippen LogP contribution is -2.35. The number of halogens is 1. The van der Waals surface area contributed by atoms with E-state index in [0.717, 1.165) is 0 Å². The van der Waals surface area contributed by atoms with Gasteiger partial charge in [-0.15, -0.1) is 0 Å². The standard InChI is InChI=1S/C11H14BrN3O3/c1-15-7(5-18-2)11(17)14-10(15)9-8(16)3-6(12)4-13-9/h3-4,7,10,16H,5H2,1-2H3,(H,14,17)/t7-,10?/m0/s1. The van der Waals surface area contributed by atoms with Gasteiger partial charge in [-0.2, -0.15) is 0 Å². The van der Waals surface area contributed by atoms with Crippen LogP contribution in [0.25, 0.3) is 0 Å². The number of pyridine rings is 1. The highest BCUT2D eigenvalue weighted by atomic mass is 79.9. The second-order valence-corrected chi connectivity index (χ2v) is 5.02. The van der Waals surface area contributed by atoms with E-state index >= 15 is 0 Å². The summed E-state index contributed by atoms with van der Waals surface area (Å²) in [5.74, 6) is -0.0898. The number of nitrogens with one attached hydrogen (secondary N) is 1. The predicted molar refractivity (Wildman–Crippen MR) is 67.9 cm³/mol. The first kappa shape index (κ1) is 13.3. The molecule has 1 unspecified atom stereocenters. The molecule has 1 amide bonds. The topological polar surface area (TPSA) is 74.7 Å². The number of aromatic hydroxyl groups is 1. The molecule has 1 saturated heterocycles. The Morgan fingerprint density at radius 2 is 2.39 bits per heavy atom. The van der Waals surface area contributed by atoms with Crippen LogP contribution in [0.1, 0.15) is 11.9 Å². The van der Waals surface area contributed by atoms with Gasteiger partial charge in [0, 0.05) is 17.8 Å². The van der Waals surface area contributed by atoms with Gasteiger partial charge in [-0.3, -0.25) is 14.7 Å². The number of carbonyl (C=O) groups excluding carboxylic acids is 1. The highest BCUT2D eigenvalue weighted by Crippen LogP contribution is 2.30. The summed E-state index contributed by atoms with van der Waals surface area (Å²) in [5, 5.41) is 12.7. The van der Waals surface area contributed by atoms with Crippen LogP contribution in [0.3, 0.4) is 0 Å². The summed E-state index contributed by atoms with van der Waals surface area (Å²) in [6.45, 7) is 0.302. The number of hydrogen-bond acceptors (Lipinski definition) is 5. The van der Waals surface area contributed by atoms with Gasteiger partial charge in [-0.05, 0) is 29.0 Å². The van der Waals surface area contributed by atoms with Gasteiger partial charge in [0.15, 0.2) is 0 Å². The van der Waals surface area contributed by atoms with Crippen LogP contribution in [-0.4, -0.2) is 47.7 Å². The Labute approximate surface area is 113 Å². The lowest BCUT2D eigenvalue weighted by atomic mass is 10.2. The van der Waals surface area contributed by atoms with Gasteiger partial charge in [0.2, 0.25) is 5.91 Å². The molecule has 6 nitrogen and oxygen atoms in total. The second kappa shape index (κ2) is 5.21. The first-order chi connectivity index (χ1) is 8.54. The summed E-state index contributed by atoms with van der Waals surface area (Å²) in [5.41, 5.74) is 0.424. The maximum absolute atomic E-state index is 11.8. The second-order valence-electron chi connectivity index (χ2n) is 4.11. The van der Waals surface area contributed by atoms with Gasteiger partial charge >= 0.3 is 0 Å². The summed E-state index contributed by atoms with van der Waals surface area (Å²) >= 11 is 3.23. The highest BCUT2D eigenvalue weighted by molar-refractivity contribution is 9.10. The van der Waals surface area contributed by atoms with Crippen LogP contribution in [-0.2, 0) is 9.53 Å². The molecule has 0 radical (unpaired) electrons. The third-order valence-corrected chi connectivity index (χ3v) is 3.36. The Balaban J connectivity index is 2.27. The van der Waals surface area contributed by atoms with Crippen molar-refractivity contribution in [3.8, 4) is 5.75 Å². The summed E-state index contributed by atoms with van der Waals surface area (Å²) < 4.78 is 5.69. The maximum Gasteiger partial charge on any atom is 0.241 e. The lowest BCUT2D eigenvalue weighted by Gasteiger charge is -2.22. The third-order valence-electron chi connectivity index (χ3n) is 2.93. The third kappa shape index (κ3) is 2.33. The number of hydrogen-bond donors (Lipinski definition) is 2. The zero-order chi connectivity index (χ0) is 13.3. The van der Waals surface area contributed by atoms with Gasteiger partial charge < -0.3 is 15.2 Å². The average molecular weight is 316 g/mol. The summed E-state index contributed by atoms with van der Waals surface area (Å²) in [6, 6.07) is 1.18. The molecule has 7 heteroatoms. The molecule has 1 fully saturated rings. The molecule has 18 heavy (non-hydrogen) atoms. The van der Waals surface area contributed by atoms with E-state index in [0.29, 0.717) is 16.8 Å². The molecule has 1 aliphatic rings. The minimum atomic E-state index is -0.439. The largest absolute Gasteiger partial charge is 0.506 e. The molecular formula is C11H14BrN3O3. The number of rotatable bonds is 3. The van der Waals surface area contributed by atoms with Gasteiger partial charge in [-0.25, -0.2) is 0 Å². The van der Waals surface area contributed by atoms with Crippen LogP contribution in [0.15, 0.2) is 16.7 Å². The van der Waals surface area contributed by atoms with Crippen molar-refractivity contribution in [2.75, 3.05) is 20.8 Å². The Hall–Kier alpha value is -1.18. The quantitative estimate of drug-likeness (QED) is 0.855. The Bertz CT molecular complexity index is 469. The van der Waals surface area contributed by atoms with Gasteiger partial charge in [0.25, 0.3) is 0 Å². The zero-order valence-electron chi connectivity index (χ0n) is 10.1. The molecule has 0 aromatic carbocycles. The average Bonchev–Trinajstić information content (AvgIpc) is 2.58. The van der Waals surface area contributed by atoms with Crippen molar-refractivity contribution >= 4 is 21.8 Å². The number of amides is 1. The molecule has 2 rings (SSSR count). The van der Waals surface area contributed by atoms with Gasteiger partial charge in [-0.1, -0.05) is 0 Å². The molecule has 2 N–H and O–H groups in total. The maximum atomic E-state index is 11.8. The SMILES string of the molecule is COC[C@H]1C(=O)NC(c2ncc(Br)cc2O)N1C. The van der Waals surface area contributed by atoms with Gasteiger partial charge in [0.1, 0.15) is 23.7 Å². The first-order valence-electron chi connectivity index (χ1n) is 5.40. The van der Waals surface area contributed by atoms with Crippen molar-refractivity contribution < 1.29 is 14.6 Å². The minimum Gasteiger partial charge on any atom is -0.506 e. The van der Waals surface area contributed by atoms with Crippen LogP contribution in [0.4, 0.5) is 0 Å². The van der Waals surface area contributed by atoms with Crippen LogP contribution in [0.2, 0.25) is 0 Å². The number of carbonyl (C=O) groups is 1. The normalized spacial score (nSPS) is 24.3. The van der Waals surface area contributed by atoms with E-state index in [1.54, 1.807) is 31.3 Å². The first-order valence-corrected chi connectivity index (χ1v) is 6.19. The van der Waals surface area contributed by atoms with E-state index in [1.807, 2.05) is 0 Å². The van der Waals surface area contributed by atoms with E-state index in [-0.39, 0.29) is 17.7 Å². The Morgan fingerprint density at radius 3 is 3.00 bits per heavy atom. The number of methoxy groups -OCH3 is 1. The molecule has 0 aliphatic carbocycles. The monoisotopic (exact) mass is 315 g/mol. The number of ether oxygens (including phenoxy) is 1. The molecule has 0 spiro atoms. The summed E-state index contributed by atoms with van der Waals surface area (Å²) in [4.78, 5) is 17.7. The smallest absolute Gasteiger partial charge is 0.241 e. The number of nitrogens with zero attached hydrogens (tertiary/aromatic N) is 2. The number of likely N-dealkylation sites (N-methyl/N-ethyl adjacent to an activating group) is 1. The van der Waals surface area contributed by atoms with Crippen molar-refractivity contribution in [2.24, 2.45) is 0 Å². The zero-order valence-corrected chi connectivity index (χ0v) is 11.6. The Morgan fingerprint density at radius 1 is 1.67 bits per heavy atom. The molecule has 2 atom stereocenters. The fourth-order valence-corrected chi connectivity index (χ4v) is 2.28. The van der Waals surface area contributed by atoms with Crippen molar-refractivity contribution in [3.05, 3.63) is 22.4 Å². The minimum absolute atomic E-state index is 0.0413. The van der Waals surface area contributed by atoms with Crippen molar-refractivity contribution in [2.45, 2.75) is 12.2 Å². The van der Waals surface area contributed by atoms with Crippen LogP contribution >= 0.6 is 15.9 Å². The van der Waals surface area contributed by atoms with Crippen LogP contribution in [0, 0.1) is 0 Å². The molecule has 2 heterocycles. The summed E-state index contributed by atoms with van der Waals surface area (Å²) in [6.07, 6.45) is 1.14. The van der Waals surface area contributed by atoms with Crippen molar-refractivity contribution in [1.82, 2.24) is 15.2 Å². The molecular weight excluding hydrogens is 302 g/mol. The summed E-state index contributed by atoms with van der Waals surface area (Å²) in [7, 11) is 3.33. The van der Waals surface area contributed by atoms with E-state index in [1.165, 1.54) is 0 Å². The molecule has 0 bridgehead atoms. The predicted octanol–water partition coefficient (Wildman–Crippen LogP) is 0.625. The molecule has 1 aliphatic heterocycles. The van der Waals surface area contributed by atoms with Gasteiger partial charge in [0.05, 0.1) is 6.61 Å². The fraction of sp³-hybridized carbons (Fsp3) is 0.455. The Kier molecular flexibility index (Phi) is 3.84. The number of aromatic nitrogens is 1. The van der Waals surface area contributed by atoms with E-state index in [2.05, 4.69) is 26.2 Å². The van der Waals surface area contributed by atoms with E-state index in [4.69, 9.17) is 4.74 Å². The van der Waals surface area contributed by atoms with E-state index < -0.39 is 6.17 Å². The van der Waals surface area contributed by atoms with Crippen LogP contribution < -0.4 is 5.32 Å². The van der Waals surface area contributed by atoms with Crippen molar-refractivity contribution in [3.63, 3.8) is 0 Å². The molecule has 0 saturated carbocycles. The molecule has 98 valence electrons. The van der Waals surface area contributed by atoms with E-state index in [9.17, 15) is 9.90 Å². The molecule has 1 aromatic rings. The van der Waals surface area contributed by atoms with Crippen LogP contribution in [0.5, 0.6) is 5.75 Å². The highest BCUT2D eigenvalue weighted by Gasteiger charge is 2.39.